The molecule has 226 valence electrons. The number of aromatic nitrogens is 4. The Balaban J connectivity index is 1.30. The van der Waals surface area contributed by atoms with E-state index in [0.29, 0.717) is 0 Å². The summed E-state index contributed by atoms with van der Waals surface area (Å²) >= 11 is 3.16. The lowest BCUT2D eigenvalue weighted by atomic mass is 9.87. The van der Waals surface area contributed by atoms with Crippen LogP contribution in [0.25, 0.3) is 89.1 Å². The number of rotatable bonds is 6. The Bertz CT molecular complexity index is 2540. The monoisotopic (exact) mass is 650 g/mol. The van der Waals surface area contributed by atoms with Gasteiger partial charge in [0.15, 0.2) is 0 Å². The molecule has 0 saturated heterocycles. The van der Waals surface area contributed by atoms with Crippen LogP contribution in [0.15, 0.2) is 155 Å². The minimum atomic E-state index is 0.861. The Morgan fingerprint density at radius 1 is 0.333 bits per heavy atom. The molecule has 0 N–H and O–H groups in total. The topological polar surface area (TPSA) is 51.6 Å². The highest BCUT2D eigenvalue weighted by Crippen LogP contribution is 2.44. The van der Waals surface area contributed by atoms with E-state index in [1.165, 1.54) is 11.1 Å². The average molecular weight is 651 g/mol. The molecule has 0 atom stereocenters. The SMILES string of the molecule is c1ccc(-c2ccc(-c3ccc4c(-c5cccc(-c6cscn6)n5)c5ccccc5c(-c5cccc(-c6cscn6)n5)c4c3)cc2)cc1. The van der Waals surface area contributed by atoms with Gasteiger partial charge in [-0.15, -0.1) is 22.7 Å². The van der Waals surface area contributed by atoms with Crippen LogP contribution in [0.2, 0.25) is 0 Å². The maximum Gasteiger partial charge on any atom is 0.0995 e. The van der Waals surface area contributed by atoms with Crippen molar-refractivity contribution in [3.63, 3.8) is 0 Å². The zero-order valence-corrected chi connectivity index (χ0v) is 27.2. The molecule has 9 aromatic rings. The molecule has 48 heavy (non-hydrogen) atoms. The molecule has 5 aromatic carbocycles. The lowest BCUT2D eigenvalue weighted by molar-refractivity contribution is 1.28. The molecule has 4 nitrogen and oxygen atoms in total. The maximum absolute atomic E-state index is 5.21. The molecule has 0 amide bonds. The summed E-state index contributed by atoms with van der Waals surface area (Å²) in [7, 11) is 0. The van der Waals surface area contributed by atoms with Crippen molar-refractivity contribution in [3.05, 3.63) is 155 Å². The number of hydrogen-bond acceptors (Lipinski definition) is 6. The zero-order chi connectivity index (χ0) is 31.9. The molecule has 0 radical (unpaired) electrons. The van der Waals surface area contributed by atoms with Gasteiger partial charge in [-0.05, 0) is 74.1 Å². The average Bonchev–Trinajstić information content (AvgIpc) is 3.90. The Hall–Kier alpha value is -5.82. The van der Waals surface area contributed by atoms with Gasteiger partial charge in [0.25, 0.3) is 0 Å². The Labute approximate surface area is 285 Å². The van der Waals surface area contributed by atoms with Gasteiger partial charge in [-0.2, -0.15) is 0 Å². The smallest absolute Gasteiger partial charge is 0.0995 e. The first-order valence-electron chi connectivity index (χ1n) is 15.7. The second-order valence-electron chi connectivity index (χ2n) is 11.6. The summed E-state index contributed by atoms with van der Waals surface area (Å²) in [5.74, 6) is 0. The zero-order valence-electron chi connectivity index (χ0n) is 25.6. The van der Waals surface area contributed by atoms with Crippen molar-refractivity contribution < 1.29 is 0 Å². The Morgan fingerprint density at radius 3 is 1.35 bits per heavy atom. The van der Waals surface area contributed by atoms with Crippen molar-refractivity contribution in [2.24, 2.45) is 0 Å². The van der Waals surface area contributed by atoms with E-state index >= 15 is 0 Å². The van der Waals surface area contributed by atoms with E-state index in [9.17, 15) is 0 Å². The van der Waals surface area contributed by atoms with Gasteiger partial charge >= 0.3 is 0 Å². The number of pyridine rings is 2. The summed E-state index contributed by atoms with van der Waals surface area (Å²) in [5, 5.41) is 8.59. The molecular weight excluding hydrogens is 625 g/mol. The minimum absolute atomic E-state index is 0.861. The normalized spacial score (nSPS) is 11.3. The molecule has 0 saturated carbocycles. The minimum Gasteiger partial charge on any atom is -0.246 e. The molecule has 0 unspecified atom stereocenters. The summed E-state index contributed by atoms with van der Waals surface area (Å²) in [4.78, 5) is 19.5. The van der Waals surface area contributed by atoms with Crippen molar-refractivity contribution in [2.75, 3.05) is 0 Å². The number of hydrogen-bond donors (Lipinski definition) is 0. The van der Waals surface area contributed by atoms with Crippen molar-refractivity contribution in [2.45, 2.75) is 0 Å². The molecule has 9 rings (SSSR count). The molecular formula is C42H26N4S2. The lowest BCUT2D eigenvalue weighted by Gasteiger charge is -2.18. The highest BCUT2D eigenvalue weighted by Gasteiger charge is 2.20. The van der Waals surface area contributed by atoms with Crippen molar-refractivity contribution >= 4 is 44.2 Å². The number of benzene rings is 5. The van der Waals surface area contributed by atoms with Crippen LogP contribution in [0, 0.1) is 0 Å². The lowest BCUT2D eigenvalue weighted by Crippen LogP contribution is -1.96. The van der Waals surface area contributed by atoms with Gasteiger partial charge in [-0.1, -0.05) is 103 Å². The molecule has 0 aliphatic carbocycles. The van der Waals surface area contributed by atoms with Crippen LogP contribution in [-0.2, 0) is 0 Å². The number of thiazole rings is 2. The maximum atomic E-state index is 5.21. The van der Waals surface area contributed by atoms with Crippen LogP contribution in [0.1, 0.15) is 0 Å². The fourth-order valence-electron chi connectivity index (χ4n) is 6.51. The van der Waals surface area contributed by atoms with E-state index in [-0.39, 0.29) is 0 Å². The van der Waals surface area contributed by atoms with E-state index in [1.54, 1.807) is 22.7 Å². The first-order chi connectivity index (χ1) is 23.8. The van der Waals surface area contributed by atoms with Crippen LogP contribution >= 0.6 is 22.7 Å². The molecule has 4 heterocycles. The van der Waals surface area contributed by atoms with E-state index in [0.717, 1.165) is 78.0 Å². The van der Waals surface area contributed by atoms with Crippen LogP contribution < -0.4 is 0 Å². The van der Waals surface area contributed by atoms with Gasteiger partial charge in [0.2, 0.25) is 0 Å². The second-order valence-corrected chi connectivity index (χ2v) is 13.0. The molecule has 4 aromatic heterocycles. The quantitative estimate of drug-likeness (QED) is 0.168. The third-order valence-electron chi connectivity index (χ3n) is 8.75. The molecule has 6 heteroatoms. The van der Waals surface area contributed by atoms with E-state index in [4.69, 9.17) is 9.97 Å². The number of fused-ring (bicyclic) bond motifs is 2. The van der Waals surface area contributed by atoms with Crippen LogP contribution in [0.5, 0.6) is 0 Å². The molecule has 0 aliphatic rings. The predicted octanol–water partition coefficient (Wildman–Crippen LogP) is 11.7. The molecule has 0 fully saturated rings. The largest absolute Gasteiger partial charge is 0.246 e. The Morgan fingerprint density at radius 2 is 0.792 bits per heavy atom. The van der Waals surface area contributed by atoms with E-state index in [1.807, 2.05) is 33.9 Å². The fourth-order valence-corrected chi connectivity index (χ4v) is 7.60. The third-order valence-corrected chi connectivity index (χ3v) is 9.92. The predicted molar refractivity (Wildman–Crippen MR) is 201 cm³/mol. The summed E-state index contributed by atoms with van der Waals surface area (Å²) in [6, 6.07) is 47.2. The van der Waals surface area contributed by atoms with Crippen molar-refractivity contribution in [3.8, 4) is 67.5 Å². The first-order valence-corrected chi connectivity index (χ1v) is 17.5. The third kappa shape index (κ3) is 5.08. The summed E-state index contributed by atoms with van der Waals surface area (Å²) in [6.45, 7) is 0. The Kier molecular flexibility index (Phi) is 7.15. The summed E-state index contributed by atoms with van der Waals surface area (Å²) in [5.41, 5.74) is 15.9. The van der Waals surface area contributed by atoms with Gasteiger partial charge in [-0.3, -0.25) is 0 Å². The first kappa shape index (κ1) is 28.4. The standard InChI is InChI=1S/C42H26N4S2/c1-2-8-27(9-3-1)28-16-18-29(19-17-28)30-20-21-33-34(22-30)42(38-15-7-13-36(46-38)40-24-48-26-44-40)32-11-5-4-10-31(32)41(33)37-14-6-12-35(45-37)39-23-47-25-43-39/h1-26H. The van der Waals surface area contributed by atoms with Crippen LogP contribution in [0.3, 0.4) is 0 Å². The highest BCUT2D eigenvalue weighted by atomic mass is 32.1. The van der Waals surface area contributed by atoms with Crippen LogP contribution in [0.4, 0.5) is 0 Å². The summed E-state index contributed by atoms with van der Waals surface area (Å²) in [6.07, 6.45) is 0. The fraction of sp³-hybridized carbons (Fsp3) is 0. The van der Waals surface area contributed by atoms with Gasteiger partial charge in [0, 0.05) is 21.9 Å². The number of nitrogens with zero attached hydrogens (tertiary/aromatic N) is 4. The molecule has 0 spiro atoms. The van der Waals surface area contributed by atoms with Gasteiger partial charge in [0.1, 0.15) is 0 Å². The van der Waals surface area contributed by atoms with Crippen molar-refractivity contribution in [1.29, 1.82) is 0 Å². The molecule has 0 aliphatic heterocycles. The van der Waals surface area contributed by atoms with Gasteiger partial charge in [0.05, 0.1) is 45.2 Å². The van der Waals surface area contributed by atoms with E-state index < -0.39 is 0 Å². The van der Waals surface area contributed by atoms with Gasteiger partial charge < -0.3 is 0 Å². The van der Waals surface area contributed by atoms with Gasteiger partial charge in [-0.25, -0.2) is 19.9 Å². The second kappa shape index (κ2) is 12.1. The molecule has 0 bridgehead atoms. The van der Waals surface area contributed by atoms with E-state index in [2.05, 4.69) is 131 Å². The van der Waals surface area contributed by atoms with Crippen molar-refractivity contribution in [1.82, 2.24) is 19.9 Å². The summed E-state index contributed by atoms with van der Waals surface area (Å²) < 4.78 is 0. The highest BCUT2D eigenvalue weighted by molar-refractivity contribution is 7.08. The van der Waals surface area contributed by atoms with Crippen LogP contribution in [-0.4, -0.2) is 19.9 Å².